The number of hydrogen-bond acceptors (Lipinski definition) is 4. The maximum atomic E-state index is 12.6. The second-order valence-electron chi connectivity index (χ2n) is 6.70. The highest BCUT2D eigenvalue weighted by Gasteiger charge is 2.05. The van der Waals surface area contributed by atoms with Gasteiger partial charge in [0.15, 0.2) is 0 Å². The van der Waals surface area contributed by atoms with Crippen LogP contribution in [0.4, 0.5) is 0 Å². The fourth-order valence-corrected chi connectivity index (χ4v) is 3.38. The van der Waals surface area contributed by atoms with Crippen molar-refractivity contribution in [1.82, 2.24) is 19.5 Å². The summed E-state index contributed by atoms with van der Waals surface area (Å²) in [5, 5.41) is 2.88. The van der Waals surface area contributed by atoms with Crippen molar-refractivity contribution >= 4 is 21.7 Å². The summed E-state index contributed by atoms with van der Waals surface area (Å²) in [6, 6.07) is 18.3. The monoisotopic (exact) mass is 364 g/mol. The van der Waals surface area contributed by atoms with Gasteiger partial charge < -0.3 is 0 Å². The third kappa shape index (κ3) is 2.93. The summed E-state index contributed by atoms with van der Waals surface area (Å²) in [6.07, 6.45) is 8.48. The van der Waals surface area contributed by atoms with E-state index in [4.69, 9.17) is 0 Å². The Labute approximate surface area is 161 Å². The predicted molar refractivity (Wildman–Crippen MR) is 110 cm³/mol. The highest BCUT2D eigenvalue weighted by molar-refractivity contribution is 5.86. The third-order valence-corrected chi connectivity index (χ3v) is 4.91. The van der Waals surface area contributed by atoms with Gasteiger partial charge in [0.05, 0.1) is 30.0 Å². The molecule has 0 aliphatic heterocycles. The van der Waals surface area contributed by atoms with Crippen LogP contribution in [0.3, 0.4) is 0 Å². The Hall–Kier alpha value is -3.86. The third-order valence-electron chi connectivity index (χ3n) is 4.91. The zero-order valence-corrected chi connectivity index (χ0v) is 15.0. The fraction of sp³-hybridized carbons (Fsp3) is 0.0435. The molecule has 0 fully saturated rings. The van der Waals surface area contributed by atoms with Gasteiger partial charge in [0, 0.05) is 24.0 Å². The minimum atomic E-state index is -0.0559. The highest BCUT2D eigenvalue weighted by Crippen LogP contribution is 2.24. The second kappa shape index (κ2) is 6.70. The van der Waals surface area contributed by atoms with Crippen LogP contribution in [-0.2, 0) is 6.54 Å². The summed E-state index contributed by atoms with van der Waals surface area (Å²) in [7, 11) is 0. The molecule has 0 spiro atoms. The molecule has 3 aromatic heterocycles. The first-order chi connectivity index (χ1) is 13.8. The minimum absolute atomic E-state index is 0.0559. The van der Waals surface area contributed by atoms with Crippen molar-refractivity contribution in [3.63, 3.8) is 0 Å². The quantitative estimate of drug-likeness (QED) is 0.484. The number of fused-ring (bicyclic) bond motifs is 2. The zero-order valence-electron chi connectivity index (χ0n) is 15.0. The van der Waals surface area contributed by atoms with Gasteiger partial charge in [-0.1, -0.05) is 36.4 Å². The van der Waals surface area contributed by atoms with Crippen LogP contribution in [0.15, 0.2) is 90.5 Å². The molecule has 0 atom stereocenters. The average molecular weight is 364 g/mol. The normalized spacial score (nSPS) is 11.1. The van der Waals surface area contributed by atoms with Gasteiger partial charge in [-0.15, -0.1) is 0 Å². The van der Waals surface area contributed by atoms with Crippen molar-refractivity contribution in [3.8, 4) is 11.1 Å². The van der Waals surface area contributed by atoms with Gasteiger partial charge in [-0.3, -0.25) is 19.3 Å². The summed E-state index contributed by atoms with van der Waals surface area (Å²) in [5.74, 6) is 0. The highest BCUT2D eigenvalue weighted by atomic mass is 16.1. The largest absolute Gasteiger partial charge is 0.294 e. The standard InChI is InChI=1S/C23H16N4O/c28-23-21-8-10-25-13-22(21)26-15-27(23)14-16-1-3-17(4-2-16)18-5-6-20-12-24-9-7-19(20)11-18/h1-13,15H,14H2. The molecule has 0 amide bonds. The van der Waals surface area contributed by atoms with E-state index in [1.807, 2.05) is 12.3 Å². The lowest BCUT2D eigenvalue weighted by Gasteiger charge is -2.08. The Bertz CT molecular complexity index is 1360. The number of nitrogens with zero attached hydrogens (tertiary/aromatic N) is 4. The van der Waals surface area contributed by atoms with Gasteiger partial charge in [0.25, 0.3) is 5.56 Å². The van der Waals surface area contributed by atoms with Crippen LogP contribution in [0.1, 0.15) is 5.56 Å². The number of rotatable bonds is 3. The van der Waals surface area contributed by atoms with Gasteiger partial charge in [0.2, 0.25) is 0 Å². The molecule has 5 rings (SSSR count). The maximum Gasteiger partial charge on any atom is 0.261 e. The molecule has 5 heteroatoms. The lowest BCUT2D eigenvalue weighted by atomic mass is 10.0. The van der Waals surface area contributed by atoms with Crippen molar-refractivity contribution in [2.45, 2.75) is 6.54 Å². The first kappa shape index (κ1) is 16.3. The molecule has 134 valence electrons. The van der Waals surface area contributed by atoms with E-state index < -0.39 is 0 Å². The Balaban J connectivity index is 1.45. The van der Waals surface area contributed by atoms with E-state index in [0.717, 1.165) is 22.1 Å². The minimum Gasteiger partial charge on any atom is -0.294 e. The summed E-state index contributed by atoms with van der Waals surface area (Å²) in [5.41, 5.74) is 3.90. The van der Waals surface area contributed by atoms with E-state index in [0.29, 0.717) is 17.4 Å². The van der Waals surface area contributed by atoms with Gasteiger partial charge in [-0.2, -0.15) is 0 Å². The van der Waals surface area contributed by atoms with Crippen LogP contribution in [0, 0.1) is 0 Å². The van der Waals surface area contributed by atoms with Crippen molar-refractivity contribution in [1.29, 1.82) is 0 Å². The lowest BCUT2D eigenvalue weighted by Crippen LogP contribution is -2.21. The Kier molecular flexibility index (Phi) is 3.91. The molecule has 0 saturated heterocycles. The molecule has 0 aliphatic rings. The van der Waals surface area contributed by atoms with Gasteiger partial charge in [0.1, 0.15) is 0 Å². The van der Waals surface area contributed by atoms with Crippen LogP contribution in [0.5, 0.6) is 0 Å². The Morgan fingerprint density at radius 2 is 1.57 bits per heavy atom. The van der Waals surface area contributed by atoms with Crippen molar-refractivity contribution < 1.29 is 0 Å². The van der Waals surface area contributed by atoms with E-state index in [-0.39, 0.29) is 5.56 Å². The molecule has 28 heavy (non-hydrogen) atoms. The van der Waals surface area contributed by atoms with Gasteiger partial charge in [-0.25, -0.2) is 4.98 Å². The smallest absolute Gasteiger partial charge is 0.261 e. The molecule has 0 N–H and O–H groups in total. The maximum absolute atomic E-state index is 12.6. The van der Waals surface area contributed by atoms with Crippen molar-refractivity contribution in [2.24, 2.45) is 0 Å². The summed E-state index contributed by atoms with van der Waals surface area (Å²) in [6.45, 7) is 0.480. The number of pyridine rings is 2. The molecule has 0 unspecified atom stereocenters. The molecule has 5 nitrogen and oxygen atoms in total. The first-order valence-corrected chi connectivity index (χ1v) is 9.00. The second-order valence-corrected chi connectivity index (χ2v) is 6.70. The van der Waals surface area contributed by atoms with Crippen LogP contribution in [0.25, 0.3) is 32.8 Å². The number of aromatic nitrogens is 4. The van der Waals surface area contributed by atoms with Gasteiger partial charge >= 0.3 is 0 Å². The molecule has 0 aliphatic carbocycles. The SMILES string of the molecule is O=c1c2ccncc2ncn1Cc1ccc(-c2ccc3cnccc3c2)cc1. The molecule has 3 heterocycles. The van der Waals surface area contributed by atoms with Crippen LogP contribution < -0.4 is 5.56 Å². The topological polar surface area (TPSA) is 60.7 Å². The van der Waals surface area contributed by atoms with Crippen LogP contribution in [0.2, 0.25) is 0 Å². The summed E-state index contributed by atoms with van der Waals surface area (Å²) >= 11 is 0. The van der Waals surface area contributed by atoms with E-state index in [1.54, 1.807) is 35.6 Å². The molecule has 5 aromatic rings. The fourth-order valence-electron chi connectivity index (χ4n) is 3.38. The zero-order chi connectivity index (χ0) is 18.9. The van der Waals surface area contributed by atoms with E-state index >= 15 is 0 Å². The predicted octanol–water partition coefficient (Wildman–Crippen LogP) is 4.06. The Morgan fingerprint density at radius 3 is 2.46 bits per heavy atom. The molecule has 0 bridgehead atoms. The Morgan fingerprint density at radius 1 is 0.786 bits per heavy atom. The van der Waals surface area contributed by atoms with E-state index in [1.165, 1.54) is 5.39 Å². The lowest BCUT2D eigenvalue weighted by molar-refractivity contribution is 0.748. The summed E-state index contributed by atoms with van der Waals surface area (Å²) in [4.78, 5) is 25.1. The molecule has 2 aromatic carbocycles. The van der Waals surface area contributed by atoms with Crippen molar-refractivity contribution in [2.75, 3.05) is 0 Å². The van der Waals surface area contributed by atoms with Crippen molar-refractivity contribution in [3.05, 3.63) is 102 Å². The van der Waals surface area contributed by atoms with Crippen LogP contribution >= 0.6 is 0 Å². The average Bonchev–Trinajstić information content (AvgIpc) is 2.76. The molecule has 0 saturated carbocycles. The van der Waals surface area contributed by atoms with Crippen LogP contribution in [-0.4, -0.2) is 19.5 Å². The summed E-state index contributed by atoms with van der Waals surface area (Å²) < 4.78 is 1.63. The number of benzene rings is 2. The molecular formula is C23H16N4O. The number of hydrogen-bond donors (Lipinski definition) is 0. The molecule has 0 radical (unpaired) electrons. The van der Waals surface area contributed by atoms with Gasteiger partial charge in [-0.05, 0) is 40.3 Å². The molecular weight excluding hydrogens is 348 g/mol. The van der Waals surface area contributed by atoms with E-state index in [2.05, 4.69) is 57.4 Å². The van der Waals surface area contributed by atoms with E-state index in [9.17, 15) is 4.79 Å². The first-order valence-electron chi connectivity index (χ1n) is 9.00.